The van der Waals surface area contributed by atoms with Gasteiger partial charge in [-0.3, -0.25) is 0 Å². The lowest BCUT2D eigenvalue weighted by Gasteiger charge is -2.10. The van der Waals surface area contributed by atoms with E-state index in [1.165, 1.54) is 11.3 Å². The van der Waals surface area contributed by atoms with Crippen LogP contribution in [0.25, 0.3) is 0 Å². The molecule has 1 heterocycles. The van der Waals surface area contributed by atoms with Gasteiger partial charge < -0.3 is 5.11 Å². The summed E-state index contributed by atoms with van der Waals surface area (Å²) < 4.78 is 1.72. The van der Waals surface area contributed by atoms with Crippen LogP contribution in [-0.2, 0) is 0 Å². The third-order valence-corrected chi connectivity index (χ3v) is 4.59. The van der Waals surface area contributed by atoms with Gasteiger partial charge in [0.25, 0.3) is 0 Å². The van der Waals surface area contributed by atoms with Crippen LogP contribution in [0.3, 0.4) is 0 Å². The van der Waals surface area contributed by atoms with Gasteiger partial charge in [0.15, 0.2) is 0 Å². The summed E-state index contributed by atoms with van der Waals surface area (Å²) in [7, 11) is 0. The SMILES string of the molecule is Cc1cc(Br)cc(C(O)c2cc(C)c(Cl)s2)c1. The van der Waals surface area contributed by atoms with Crippen LogP contribution in [0.2, 0.25) is 4.34 Å². The molecule has 17 heavy (non-hydrogen) atoms. The maximum Gasteiger partial charge on any atom is 0.113 e. The van der Waals surface area contributed by atoms with Crippen molar-refractivity contribution in [1.82, 2.24) is 0 Å². The number of hydrogen-bond donors (Lipinski definition) is 1. The summed E-state index contributed by atoms with van der Waals surface area (Å²) >= 11 is 10.9. The average Bonchev–Trinajstić information content (AvgIpc) is 2.57. The summed E-state index contributed by atoms with van der Waals surface area (Å²) in [6, 6.07) is 7.87. The monoisotopic (exact) mass is 330 g/mol. The standard InChI is InChI=1S/C13H12BrClOS/c1-7-3-9(6-10(14)4-7)12(16)11-5-8(2)13(15)17-11/h3-6,12,16H,1-2H3. The van der Waals surface area contributed by atoms with Crippen LogP contribution in [0.15, 0.2) is 28.7 Å². The molecule has 1 aromatic heterocycles. The fraction of sp³-hybridized carbons (Fsp3) is 0.231. The maximum absolute atomic E-state index is 10.3. The lowest BCUT2D eigenvalue weighted by Crippen LogP contribution is -1.97. The number of aliphatic hydroxyl groups is 1. The largest absolute Gasteiger partial charge is 0.383 e. The Morgan fingerprint density at radius 2 is 1.94 bits per heavy atom. The Labute approximate surface area is 118 Å². The minimum atomic E-state index is -0.609. The van der Waals surface area contributed by atoms with E-state index < -0.39 is 6.10 Å². The molecule has 1 nitrogen and oxygen atoms in total. The highest BCUT2D eigenvalue weighted by molar-refractivity contribution is 9.10. The first kappa shape index (κ1) is 13.1. The molecular formula is C13H12BrClOS. The van der Waals surface area contributed by atoms with Gasteiger partial charge in [-0.25, -0.2) is 0 Å². The summed E-state index contributed by atoms with van der Waals surface area (Å²) in [5, 5.41) is 10.3. The van der Waals surface area contributed by atoms with E-state index in [0.717, 1.165) is 30.4 Å². The molecule has 0 bridgehead atoms. The number of halogens is 2. The molecule has 1 atom stereocenters. The Kier molecular flexibility index (Phi) is 3.93. The summed E-state index contributed by atoms with van der Waals surface area (Å²) in [6.07, 6.45) is -0.609. The van der Waals surface area contributed by atoms with Gasteiger partial charge >= 0.3 is 0 Å². The summed E-state index contributed by atoms with van der Waals surface area (Å²) in [5.41, 5.74) is 3.01. The molecule has 0 aliphatic heterocycles. The van der Waals surface area contributed by atoms with Gasteiger partial charge in [0, 0.05) is 9.35 Å². The van der Waals surface area contributed by atoms with Crippen LogP contribution in [0.4, 0.5) is 0 Å². The number of hydrogen-bond acceptors (Lipinski definition) is 2. The van der Waals surface area contributed by atoms with Crippen molar-refractivity contribution in [2.45, 2.75) is 20.0 Å². The third-order valence-electron chi connectivity index (χ3n) is 2.53. The molecule has 2 rings (SSSR count). The first-order chi connectivity index (χ1) is 7.97. The van der Waals surface area contributed by atoms with Crippen molar-refractivity contribution in [3.8, 4) is 0 Å². The van der Waals surface area contributed by atoms with Gasteiger partial charge in [-0.15, -0.1) is 11.3 Å². The zero-order valence-electron chi connectivity index (χ0n) is 9.50. The van der Waals surface area contributed by atoms with Gasteiger partial charge in [0.05, 0.1) is 4.34 Å². The molecule has 1 aromatic carbocycles. The number of aliphatic hydroxyl groups excluding tert-OH is 1. The Morgan fingerprint density at radius 1 is 1.24 bits per heavy atom. The minimum Gasteiger partial charge on any atom is -0.383 e. The summed E-state index contributed by atoms with van der Waals surface area (Å²) in [6.45, 7) is 3.95. The predicted molar refractivity (Wildman–Crippen MR) is 77.0 cm³/mol. The molecule has 90 valence electrons. The summed E-state index contributed by atoms with van der Waals surface area (Å²) in [5.74, 6) is 0. The number of thiophene rings is 1. The molecule has 2 aromatic rings. The normalized spacial score (nSPS) is 12.8. The van der Waals surface area contributed by atoms with Crippen molar-refractivity contribution in [2.24, 2.45) is 0 Å². The van der Waals surface area contributed by atoms with E-state index in [0.29, 0.717) is 0 Å². The average molecular weight is 332 g/mol. The molecule has 1 unspecified atom stereocenters. The predicted octanol–water partition coefficient (Wildman–Crippen LogP) is 4.86. The first-order valence-electron chi connectivity index (χ1n) is 5.18. The summed E-state index contributed by atoms with van der Waals surface area (Å²) in [4.78, 5) is 0.880. The van der Waals surface area contributed by atoms with E-state index in [4.69, 9.17) is 11.6 Å². The van der Waals surface area contributed by atoms with Gasteiger partial charge in [0.2, 0.25) is 0 Å². The van der Waals surface area contributed by atoms with Crippen molar-refractivity contribution in [3.63, 3.8) is 0 Å². The fourth-order valence-electron chi connectivity index (χ4n) is 1.71. The van der Waals surface area contributed by atoms with Crippen LogP contribution in [0.5, 0.6) is 0 Å². The Bertz CT molecular complexity index is 511. The van der Waals surface area contributed by atoms with E-state index in [9.17, 15) is 5.11 Å². The fourth-order valence-corrected chi connectivity index (χ4v) is 3.56. The minimum absolute atomic E-state index is 0.609. The Hall–Kier alpha value is -0.350. The van der Waals surface area contributed by atoms with Gasteiger partial charge in [0.1, 0.15) is 6.10 Å². The van der Waals surface area contributed by atoms with Crippen molar-refractivity contribution < 1.29 is 5.11 Å². The highest BCUT2D eigenvalue weighted by Gasteiger charge is 2.15. The van der Waals surface area contributed by atoms with E-state index >= 15 is 0 Å². The van der Waals surface area contributed by atoms with Gasteiger partial charge in [-0.1, -0.05) is 33.6 Å². The topological polar surface area (TPSA) is 20.2 Å². The van der Waals surface area contributed by atoms with Crippen molar-refractivity contribution in [1.29, 1.82) is 0 Å². The second-order valence-electron chi connectivity index (χ2n) is 4.07. The first-order valence-corrected chi connectivity index (χ1v) is 7.17. The van der Waals surface area contributed by atoms with Crippen LogP contribution < -0.4 is 0 Å². The molecule has 0 saturated carbocycles. The van der Waals surface area contributed by atoms with Crippen LogP contribution in [0.1, 0.15) is 27.7 Å². The zero-order valence-corrected chi connectivity index (χ0v) is 12.7. The third kappa shape index (κ3) is 2.91. The molecule has 0 fully saturated rings. The molecule has 4 heteroatoms. The quantitative estimate of drug-likeness (QED) is 0.833. The van der Waals surface area contributed by atoms with Crippen molar-refractivity contribution in [3.05, 3.63) is 54.6 Å². The second kappa shape index (κ2) is 5.11. The molecular weight excluding hydrogens is 320 g/mol. The smallest absolute Gasteiger partial charge is 0.113 e. The van der Waals surface area contributed by atoms with Crippen LogP contribution >= 0.6 is 38.9 Å². The highest BCUT2D eigenvalue weighted by atomic mass is 79.9. The highest BCUT2D eigenvalue weighted by Crippen LogP contribution is 2.34. The Balaban J connectivity index is 2.39. The lowest BCUT2D eigenvalue weighted by molar-refractivity contribution is 0.224. The van der Waals surface area contributed by atoms with Crippen LogP contribution in [0, 0.1) is 13.8 Å². The van der Waals surface area contributed by atoms with Crippen LogP contribution in [-0.4, -0.2) is 5.11 Å². The molecule has 0 radical (unpaired) electrons. The van der Waals surface area contributed by atoms with E-state index in [1.807, 2.05) is 38.1 Å². The molecule has 0 aliphatic rings. The molecule has 0 amide bonds. The maximum atomic E-state index is 10.3. The zero-order chi connectivity index (χ0) is 12.6. The number of rotatable bonds is 2. The van der Waals surface area contributed by atoms with Gasteiger partial charge in [-0.2, -0.15) is 0 Å². The molecule has 0 saturated heterocycles. The lowest BCUT2D eigenvalue weighted by atomic mass is 10.1. The Morgan fingerprint density at radius 3 is 2.47 bits per heavy atom. The van der Waals surface area contributed by atoms with Gasteiger partial charge in [-0.05, 0) is 48.7 Å². The number of aryl methyl sites for hydroxylation is 2. The van der Waals surface area contributed by atoms with Crippen molar-refractivity contribution >= 4 is 38.9 Å². The number of benzene rings is 1. The molecule has 0 aliphatic carbocycles. The molecule has 0 spiro atoms. The van der Waals surface area contributed by atoms with E-state index in [2.05, 4.69) is 15.9 Å². The molecule has 1 N–H and O–H groups in total. The van der Waals surface area contributed by atoms with Crippen molar-refractivity contribution in [2.75, 3.05) is 0 Å². The van der Waals surface area contributed by atoms with E-state index in [-0.39, 0.29) is 0 Å². The second-order valence-corrected chi connectivity index (χ2v) is 6.67. The van der Waals surface area contributed by atoms with E-state index in [1.54, 1.807) is 0 Å².